The lowest BCUT2D eigenvalue weighted by molar-refractivity contribution is 1.05. The lowest BCUT2D eigenvalue weighted by Gasteiger charge is -2.07. The smallest absolute Gasteiger partial charge is 0.238 e. The molecule has 2 aromatic rings. The summed E-state index contributed by atoms with van der Waals surface area (Å²) in [7, 11) is 1.63. The maximum Gasteiger partial charge on any atom is 0.238 e. The number of rotatable bonds is 2. The second kappa shape index (κ2) is 4.62. The van der Waals surface area contributed by atoms with Crippen molar-refractivity contribution in [3.63, 3.8) is 0 Å². The normalized spacial score (nSPS) is 9.71. The number of hydrogen-bond acceptors (Lipinski definition) is 4. The summed E-state index contributed by atoms with van der Waals surface area (Å²) in [6.07, 6.45) is 5.41. The topological polar surface area (TPSA) is 52.8 Å². The summed E-state index contributed by atoms with van der Waals surface area (Å²) in [5.74, 6) is 0.406. The number of nitrogens with zero attached hydrogens (tertiary/aromatic N) is 4. The summed E-state index contributed by atoms with van der Waals surface area (Å²) in [6.45, 7) is 2.04. The van der Waals surface area contributed by atoms with Crippen LogP contribution in [0, 0.1) is 18.4 Å². The van der Waals surface area contributed by atoms with Gasteiger partial charge in [0.05, 0.1) is 0 Å². The Morgan fingerprint density at radius 2 is 1.88 bits per heavy atom. The first-order valence-electron chi connectivity index (χ1n) is 5.23. The van der Waals surface area contributed by atoms with Gasteiger partial charge in [0.25, 0.3) is 0 Å². The summed E-state index contributed by atoms with van der Waals surface area (Å²) in [5.41, 5.74) is 3.22. The first-order valence-corrected chi connectivity index (χ1v) is 5.23. The summed E-state index contributed by atoms with van der Waals surface area (Å²) >= 11 is 0. The van der Waals surface area contributed by atoms with Crippen LogP contribution in [0.1, 0.15) is 5.56 Å². The predicted octanol–water partition coefficient (Wildman–Crippen LogP) is 2.37. The van der Waals surface area contributed by atoms with Crippen LogP contribution < -0.4 is 4.90 Å². The minimum atomic E-state index is 0.406. The molecule has 0 spiro atoms. The maximum absolute atomic E-state index is 8.71. The number of aryl methyl sites for hydroxylation is 1. The van der Waals surface area contributed by atoms with E-state index in [1.165, 1.54) is 10.5 Å². The van der Waals surface area contributed by atoms with Gasteiger partial charge in [0.1, 0.15) is 0 Å². The molecule has 0 unspecified atom stereocenters. The Bertz CT molecular complexity index is 554. The Hall–Kier alpha value is -2.41. The van der Waals surface area contributed by atoms with Gasteiger partial charge in [-0.1, -0.05) is 29.8 Å². The Balaban J connectivity index is 2.33. The zero-order chi connectivity index (χ0) is 12.3. The molecule has 4 nitrogen and oxygen atoms in total. The van der Waals surface area contributed by atoms with Gasteiger partial charge in [0.15, 0.2) is 6.19 Å². The quantitative estimate of drug-likeness (QED) is 0.580. The van der Waals surface area contributed by atoms with Crippen molar-refractivity contribution in [3.8, 4) is 17.3 Å². The molecule has 84 valence electrons. The van der Waals surface area contributed by atoms with E-state index in [-0.39, 0.29) is 0 Å². The molecule has 1 aromatic carbocycles. The van der Waals surface area contributed by atoms with Gasteiger partial charge in [-0.25, -0.2) is 9.97 Å². The van der Waals surface area contributed by atoms with Crippen molar-refractivity contribution in [2.75, 3.05) is 11.9 Å². The predicted molar refractivity (Wildman–Crippen MR) is 66.2 cm³/mol. The molecule has 2 rings (SSSR count). The highest BCUT2D eigenvalue weighted by atomic mass is 15.2. The molecular weight excluding hydrogens is 212 g/mol. The highest BCUT2D eigenvalue weighted by Crippen LogP contribution is 2.19. The standard InChI is InChI=1S/C13H12N4/c1-10-4-3-5-11(6-10)12-7-15-13(16-8-12)17(2)9-14/h3-8H,1-2H3. The first kappa shape index (κ1) is 11.1. The van der Waals surface area contributed by atoms with Crippen LogP contribution in [0.15, 0.2) is 36.7 Å². The van der Waals surface area contributed by atoms with Gasteiger partial charge in [-0.2, -0.15) is 5.26 Å². The summed E-state index contributed by atoms with van der Waals surface area (Å²) < 4.78 is 0. The average molecular weight is 224 g/mol. The molecule has 0 aliphatic rings. The van der Waals surface area contributed by atoms with E-state index in [1.54, 1.807) is 19.4 Å². The molecule has 0 aliphatic heterocycles. The van der Waals surface area contributed by atoms with E-state index in [4.69, 9.17) is 5.26 Å². The first-order chi connectivity index (χ1) is 8.20. The van der Waals surface area contributed by atoms with E-state index in [0.717, 1.165) is 11.1 Å². The minimum absolute atomic E-state index is 0.406. The number of anilines is 1. The van der Waals surface area contributed by atoms with Gasteiger partial charge < -0.3 is 0 Å². The minimum Gasteiger partial charge on any atom is -0.250 e. The van der Waals surface area contributed by atoms with Crippen molar-refractivity contribution in [3.05, 3.63) is 42.2 Å². The fourth-order valence-corrected chi connectivity index (χ4v) is 1.51. The maximum atomic E-state index is 8.71. The molecule has 0 atom stereocenters. The monoisotopic (exact) mass is 224 g/mol. The van der Waals surface area contributed by atoms with Crippen LogP contribution in [0.5, 0.6) is 0 Å². The van der Waals surface area contributed by atoms with Crippen LogP contribution in [0.3, 0.4) is 0 Å². The van der Waals surface area contributed by atoms with Crippen molar-refractivity contribution in [2.45, 2.75) is 6.92 Å². The fraction of sp³-hybridized carbons (Fsp3) is 0.154. The number of aromatic nitrogens is 2. The van der Waals surface area contributed by atoms with Gasteiger partial charge in [-0.3, -0.25) is 4.90 Å². The zero-order valence-electron chi connectivity index (χ0n) is 9.75. The van der Waals surface area contributed by atoms with Gasteiger partial charge in [-0.05, 0) is 12.5 Å². The Labute approximate surface area is 100 Å². The molecule has 0 amide bonds. The Morgan fingerprint density at radius 1 is 1.18 bits per heavy atom. The lowest BCUT2D eigenvalue weighted by atomic mass is 10.1. The molecule has 17 heavy (non-hydrogen) atoms. The molecule has 0 saturated carbocycles. The van der Waals surface area contributed by atoms with E-state index in [9.17, 15) is 0 Å². The highest BCUT2D eigenvalue weighted by Gasteiger charge is 2.03. The average Bonchev–Trinajstić information content (AvgIpc) is 2.38. The summed E-state index contributed by atoms with van der Waals surface area (Å²) in [5, 5.41) is 8.71. The second-order valence-electron chi connectivity index (χ2n) is 3.80. The lowest BCUT2D eigenvalue weighted by Crippen LogP contribution is -2.11. The van der Waals surface area contributed by atoms with E-state index in [1.807, 2.05) is 31.3 Å². The number of benzene rings is 1. The Morgan fingerprint density at radius 3 is 2.47 bits per heavy atom. The molecule has 0 N–H and O–H groups in total. The van der Waals surface area contributed by atoms with Crippen molar-refractivity contribution < 1.29 is 0 Å². The van der Waals surface area contributed by atoms with Crippen molar-refractivity contribution >= 4 is 5.95 Å². The van der Waals surface area contributed by atoms with Gasteiger partial charge in [0, 0.05) is 25.0 Å². The third-order valence-corrected chi connectivity index (χ3v) is 2.44. The molecular formula is C13H12N4. The van der Waals surface area contributed by atoms with Crippen LogP contribution in [0.2, 0.25) is 0 Å². The van der Waals surface area contributed by atoms with E-state index in [2.05, 4.69) is 16.0 Å². The van der Waals surface area contributed by atoms with Gasteiger partial charge >= 0.3 is 0 Å². The third kappa shape index (κ3) is 2.40. The largest absolute Gasteiger partial charge is 0.250 e. The zero-order valence-corrected chi connectivity index (χ0v) is 9.75. The number of nitriles is 1. The molecule has 0 radical (unpaired) electrons. The van der Waals surface area contributed by atoms with Crippen LogP contribution in [-0.2, 0) is 0 Å². The molecule has 1 heterocycles. The fourth-order valence-electron chi connectivity index (χ4n) is 1.51. The SMILES string of the molecule is Cc1cccc(-c2cnc(N(C)C#N)nc2)c1. The molecule has 0 saturated heterocycles. The summed E-state index contributed by atoms with van der Waals surface area (Å²) in [6, 6.07) is 8.13. The highest BCUT2D eigenvalue weighted by molar-refractivity contribution is 5.62. The van der Waals surface area contributed by atoms with Crippen molar-refractivity contribution in [2.24, 2.45) is 0 Å². The third-order valence-electron chi connectivity index (χ3n) is 2.44. The van der Waals surface area contributed by atoms with Crippen LogP contribution in [0.4, 0.5) is 5.95 Å². The van der Waals surface area contributed by atoms with Gasteiger partial charge in [-0.15, -0.1) is 0 Å². The molecule has 4 heteroatoms. The van der Waals surface area contributed by atoms with Crippen LogP contribution in [0.25, 0.3) is 11.1 Å². The van der Waals surface area contributed by atoms with E-state index < -0.39 is 0 Å². The van der Waals surface area contributed by atoms with Crippen molar-refractivity contribution in [1.29, 1.82) is 5.26 Å². The molecule has 0 aliphatic carbocycles. The number of hydrogen-bond donors (Lipinski definition) is 0. The Kier molecular flexibility index (Phi) is 3.01. The summed E-state index contributed by atoms with van der Waals surface area (Å²) in [4.78, 5) is 9.62. The van der Waals surface area contributed by atoms with Crippen LogP contribution >= 0.6 is 0 Å². The molecule has 0 fully saturated rings. The van der Waals surface area contributed by atoms with Crippen molar-refractivity contribution in [1.82, 2.24) is 9.97 Å². The molecule has 1 aromatic heterocycles. The van der Waals surface area contributed by atoms with E-state index in [0.29, 0.717) is 5.95 Å². The van der Waals surface area contributed by atoms with Gasteiger partial charge in [0.2, 0.25) is 5.95 Å². The van der Waals surface area contributed by atoms with Crippen LogP contribution in [-0.4, -0.2) is 17.0 Å². The molecule has 0 bridgehead atoms. The second-order valence-corrected chi connectivity index (χ2v) is 3.80. The van der Waals surface area contributed by atoms with E-state index >= 15 is 0 Å².